The first-order chi connectivity index (χ1) is 8.75. The standard InChI is InChI=1S/C13H9N3O2/c14-8-13(17,12-15-5-6-18-12)10-7-16-11-4-2-1-3-9(10)11/h1-7,16-17H. The maximum absolute atomic E-state index is 10.5. The Morgan fingerprint density at radius 1 is 1.39 bits per heavy atom. The van der Waals surface area contributed by atoms with Gasteiger partial charge in [0.1, 0.15) is 12.3 Å². The van der Waals surface area contributed by atoms with Gasteiger partial charge >= 0.3 is 0 Å². The van der Waals surface area contributed by atoms with Crippen molar-refractivity contribution in [2.45, 2.75) is 5.60 Å². The van der Waals surface area contributed by atoms with Crippen molar-refractivity contribution in [3.05, 3.63) is 54.4 Å². The molecule has 2 heterocycles. The summed E-state index contributed by atoms with van der Waals surface area (Å²) < 4.78 is 5.06. The van der Waals surface area contributed by atoms with Gasteiger partial charge < -0.3 is 14.5 Å². The van der Waals surface area contributed by atoms with Crippen LogP contribution in [0.4, 0.5) is 0 Å². The average molecular weight is 239 g/mol. The lowest BCUT2D eigenvalue weighted by Gasteiger charge is -2.15. The van der Waals surface area contributed by atoms with Crippen molar-refractivity contribution in [3.8, 4) is 6.07 Å². The fraction of sp³-hybridized carbons (Fsp3) is 0.0769. The van der Waals surface area contributed by atoms with Crippen LogP contribution in [0, 0.1) is 11.3 Å². The van der Waals surface area contributed by atoms with Crippen molar-refractivity contribution in [3.63, 3.8) is 0 Å². The summed E-state index contributed by atoms with van der Waals surface area (Å²) in [7, 11) is 0. The smallest absolute Gasteiger partial charge is 0.256 e. The Balaban J connectivity index is 2.28. The molecule has 0 saturated heterocycles. The number of nitrogens with zero attached hydrogens (tertiary/aromatic N) is 2. The van der Waals surface area contributed by atoms with E-state index in [1.165, 1.54) is 12.5 Å². The normalized spacial score (nSPS) is 14.2. The van der Waals surface area contributed by atoms with Crippen LogP contribution in [0.25, 0.3) is 10.9 Å². The van der Waals surface area contributed by atoms with Gasteiger partial charge in [-0.05, 0) is 6.07 Å². The summed E-state index contributed by atoms with van der Waals surface area (Å²) >= 11 is 0. The lowest BCUT2D eigenvalue weighted by molar-refractivity contribution is 0.110. The maximum atomic E-state index is 10.5. The van der Waals surface area contributed by atoms with E-state index in [4.69, 9.17) is 4.42 Å². The largest absolute Gasteiger partial charge is 0.445 e. The molecule has 0 amide bonds. The third-order valence-electron chi connectivity index (χ3n) is 2.88. The number of aliphatic hydroxyl groups is 1. The first-order valence-corrected chi connectivity index (χ1v) is 5.36. The Morgan fingerprint density at radius 2 is 2.22 bits per heavy atom. The second kappa shape index (κ2) is 3.72. The minimum absolute atomic E-state index is 0.0326. The number of nitriles is 1. The number of fused-ring (bicyclic) bond motifs is 1. The molecule has 1 unspecified atom stereocenters. The molecule has 0 saturated carbocycles. The molecule has 2 N–H and O–H groups in total. The molecule has 1 atom stereocenters. The fourth-order valence-corrected chi connectivity index (χ4v) is 2.00. The fourth-order valence-electron chi connectivity index (χ4n) is 2.00. The monoisotopic (exact) mass is 239 g/mol. The van der Waals surface area contributed by atoms with E-state index in [0.29, 0.717) is 5.56 Å². The van der Waals surface area contributed by atoms with Crippen LogP contribution >= 0.6 is 0 Å². The lowest BCUT2D eigenvalue weighted by atomic mass is 9.95. The zero-order valence-electron chi connectivity index (χ0n) is 9.29. The van der Waals surface area contributed by atoms with E-state index >= 15 is 0 Å². The molecule has 5 heteroatoms. The molecule has 0 aliphatic carbocycles. The van der Waals surface area contributed by atoms with E-state index in [1.807, 2.05) is 30.3 Å². The second-order valence-corrected chi connectivity index (χ2v) is 3.91. The molecule has 0 aliphatic rings. The average Bonchev–Trinajstić information content (AvgIpc) is 3.07. The lowest BCUT2D eigenvalue weighted by Crippen LogP contribution is -2.25. The van der Waals surface area contributed by atoms with Gasteiger partial charge in [0.25, 0.3) is 5.60 Å². The van der Waals surface area contributed by atoms with Crippen LogP contribution in [0.15, 0.2) is 47.3 Å². The van der Waals surface area contributed by atoms with Gasteiger partial charge in [-0.15, -0.1) is 0 Å². The van der Waals surface area contributed by atoms with Crippen molar-refractivity contribution < 1.29 is 9.52 Å². The number of aromatic amines is 1. The molecule has 0 fully saturated rings. The highest BCUT2D eigenvalue weighted by Gasteiger charge is 2.38. The van der Waals surface area contributed by atoms with Crippen LogP contribution in [0.2, 0.25) is 0 Å². The van der Waals surface area contributed by atoms with E-state index in [2.05, 4.69) is 9.97 Å². The van der Waals surface area contributed by atoms with Crippen molar-refractivity contribution >= 4 is 10.9 Å². The summed E-state index contributed by atoms with van der Waals surface area (Å²) in [5.74, 6) is -0.0326. The quantitative estimate of drug-likeness (QED) is 0.669. The van der Waals surface area contributed by atoms with Crippen LogP contribution in [0.3, 0.4) is 0 Å². The summed E-state index contributed by atoms with van der Waals surface area (Å²) in [5, 5.41) is 20.5. The van der Waals surface area contributed by atoms with Crippen LogP contribution < -0.4 is 0 Å². The first-order valence-electron chi connectivity index (χ1n) is 5.36. The number of H-pyrrole nitrogens is 1. The summed E-state index contributed by atoms with van der Waals surface area (Å²) in [6.07, 6.45) is 4.32. The second-order valence-electron chi connectivity index (χ2n) is 3.91. The van der Waals surface area contributed by atoms with Gasteiger partial charge in [-0.1, -0.05) is 18.2 Å². The molecule has 0 spiro atoms. The van der Waals surface area contributed by atoms with Gasteiger partial charge in [0.15, 0.2) is 0 Å². The Kier molecular flexibility index (Phi) is 2.18. The number of rotatable bonds is 2. The number of para-hydroxylation sites is 1. The summed E-state index contributed by atoms with van der Waals surface area (Å²) in [4.78, 5) is 6.88. The molecule has 0 bridgehead atoms. The number of benzene rings is 1. The molecule has 3 aromatic rings. The SMILES string of the molecule is N#CC(O)(c1ncco1)c1c[nH]c2ccccc12. The highest BCUT2D eigenvalue weighted by atomic mass is 16.4. The molecule has 5 nitrogen and oxygen atoms in total. The molecular weight excluding hydrogens is 230 g/mol. The number of hydrogen-bond acceptors (Lipinski definition) is 4. The molecule has 3 rings (SSSR count). The topological polar surface area (TPSA) is 85.8 Å². The van der Waals surface area contributed by atoms with E-state index in [1.54, 1.807) is 6.20 Å². The van der Waals surface area contributed by atoms with Crippen LogP contribution in [-0.4, -0.2) is 15.1 Å². The minimum atomic E-state index is -1.89. The van der Waals surface area contributed by atoms with E-state index in [9.17, 15) is 10.4 Å². The van der Waals surface area contributed by atoms with Crippen molar-refractivity contribution in [2.24, 2.45) is 0 Å². The van der Waals surface area contributed by atoms with Gasteiger partial charge in [-0.25, -0.2) is 4.98 Å². The highest BCUT2D eigenvalue weighted by Crippen LogP contribution is 2.33. The van der Waals surface area contributed by atoms with Crippen LogP contribution in [-0.2, 0) is 5.60 Å². The molecule has 1 aromatic carbocycles. The van der Waals surface area contributed by atoms with Crippen molar-refractivity contribution in [2.75, 3.05) is 0 Å². The minimum Gasteiger partial charge on any atom is -0.445 e. The first kappa shape index (κ1) is 10.6. The summed E-state index contributed by atoms with van der Waals surface area (Å²) in [5.41, 5.74) is -0.612. The Labute approximate surface area is 102 Å². The number of hydrogen-bond donors (Lipinski definition) is 2. The number of aromatic nitrogens is 2. The van der Waals surface area contributed by atoms with Gasteiger partial charge in [-0.2, -0.15) is 5.26 Å². The van der Waals surface area contributed by atoms with Crippen LogP contribution in [0.5, 0.6) is 0 Å². The molecular formula is C13H9N3O2. The zero-order valence-corrected chi connectivity index (χ0v) is 9.29. The van der Waals surface area contributed by atoms with Crippen molar-refractivity contribution in [1.82, 2.24) is 9.97 Å². The van der Waals surface area contributed by atoms with E-state index in [0.717, 1.165) is 10.9 Å². The molecule has 88 valence electrons. The Morgan fingerprint density at radius 3 is 2.94 bits per heavy atom. The molecule has 0 radical (unpaired) electrons. The maximum Gasteiger partial charge on any atom is 0.256 e. The number of oxazole rings is 1. The molecule has 2 aromatic heterocycles. The number of nitrogens with one attached hydrogen (secondary N) is 1. The Bertz CT molecular complexity index is 724. The zero-order chi connectivity index (χ0) is 12.6. The van der Waals surface area contributed by atoms with Gasteiger partial charge in [0, 0.05) is 22.7 Å². The third-order valence-corrected chi connectivity index (χ3v) is 2.88. The van der Waals surface area contributed by atoms with E-state index in [-0.39, 0.29) is 5.89 Å². The van der Waals surface area contributed by atoms with E-state index < -0.39 is 5.60 Å². The highest BCUT2D eigenvalue weighted by molar-refractivity contribution is 5.84. The predicted octanol–water partition coefficient (Wildman–Crippen LogP) is 1.92. The van der Waals surface area contributed by atoms with Gasteiger partial charge in [0.05, 0.1) is 6.20 Å². The van der Waals surface area contributed by atoms with Gasteiger partial charge in [0.2, 0.25) is 5.89 Å². The Hall–Kier alpha value is -2.58. The predicted molar refractivity (Wildman–Crippen MR) is 63.4 cm³/mol. The molecule has 0 aliphatic heterocycles. The third kappa shape index (κ3) is 1.33. The van der Waals surface area contributed by atoms with Gasteiger partial charge in [-0.3, -0.25) is 0 Å². The summed E-state index contributed by atoms with van der Waals surface area (Å²) in [6.45, 7) is 0. The summed E-state index contributed by atoms with van der Waals surface area (Å²) in [6, 6.07) is 9.26. The molecule has 18 heavy (non-hydrogen) atoms. The van der Waals surface area contributed by atoms with Crippen LogP contribution in [0.1, 0.15) is 11.5 Å². The van der Waals surface area contributed by atoms with Crippen molar-refractivity contribution in [1.29, 1.82) is 5.26 Å².